The highest BCUT2D eigenvalue weighted by Crippen LogP contribution is 2.10. The number of carbonyl (C=O) groups excluding carboxylic acids is 2. The van der Waals surface area contributed by atoms with Crippen molar-refractivity contribution in [3.63, 3.8) is 0 Å². The lowest BCUT2D eigenvalue weighted by atomic mass is 10.00. The Hall–Kier alpha value is -1.68. The summed E-state index contributed by atoms with van der Waals surface area (Å²) in [5, 5.41) is 2.89. The Morgan fingerprint density at radius 2 is 1.86 bits per heavy atom. The molecule has 0 saturated carbocycles. The molecular formula is C18H27NO3. The van der Waals surface area contributed by atoms with Crippen molar-refractivity contribution in [1.29, 1.82) is 0 Å². The molecule has 1 amide bonds. The van der Waals surface area contributed by atoms with E-state index in [2.05, 4.69) is 5.32 Å². The summed E-state index contributed by atoms with van der Waals surface area (Å²) in [5.74, 6) is -0.146. The van der Waals surface area contributed by atoms with Gasteiger partial charge in [0.15, 0.2) is 5.78 Å². The minimum atomic E-state index is -0.448. The van der Waals surface area contributed by atoms with E-state index in [4.69, 9.17) is 4.74 Å². The number of ether oxygens (including phenoxy) is 1. The highest BCUT2D eigenvalue weighted by Gasteiger charge is 2.20. The first kappa shape index (κ1) is 18.4. The topological polar surface area (TPSA) is 55.4 Å². The highest BCUT2D eigenvalue weighted by molar-refractivity contribution is 5.88. The van der Waals surface area contributed by atoms with E-state index >= 15 is 0 Å². The number of rotatable bonds is 10. The van der Waals surface area contributed by atoms with Gasteiger partial charge in [-0.1, -0.05) is 43.7 Å². The number of nitrogens with one attached hydrogen (secondary N) is 1. The van der Waals surface area contributed by atoms with Crippen LogP contribution in [0.1, 0.15) is 38.7 Å². The molecule has 0 aliphatic heterocycles. The molecule has 0 spiro atoms. The van der Waals surface area contributed by atoms with E-state index in [0.717, 1.165) is 31.4 Å². The van der Waals surface area contributed by atoms with Crippen LogP contribution in [0.25, 0.3) is 0 Å². The Balaban J connectivity index is 2.48. The van der Waals surface area contributed by atoms with Gasteiger partial charge in [0, 0.05) is 19.6 Å². The van der Waals surface area contributed by atoms with Crippen LogP contribution in [0.5, 0.6) is 0 Å². The van der Waals surface area contributed by atoms with Crippen molar-refractivity contribution in [2.24, 2.45) is 5.92 Å². The van der Waals surface area contributed by atoms with Crippen LogP contribution in [0, 0.1) is 5.92 Å². The first-order valence-electron chi connectivity index (χ1n) is 7.88. The second kappa shape index (κ2) is 10.1. The second-order valence-corrected chi connectivity index (χ2v) is 5.75. The Kier molecular flexibility index (Phi) is 8.44. The molecule has 2 atom stereocenters. The van der Waals surface area contributed by atoms with Crippen molar-refractivity contribution in [3.8, 4) is 0 Å². The molecule has 122 valence electrons. The molecule has 0 aromatic heterocycles. The fourth-order valence-corrected chi connectivity index (χ4v) is 2.29. The number of ketones is 1. The first-order valence-corrected chi connectivity index (χ1v) is 7.88. The highest BCUT2D eigenvalue weighted by atomic mass is 16.5. The fraction of sp³-hybridized carbons (Fsp3) is 0.556. The van der Waals surface area contributed by atoms with Crippen molar-refractivity contribution >= 4 is 11.7 Å². The summed E-state index contributed by atoms with van der Waals surface area (Å²) < 4.78 is 5.00. The molecule has 0 aliphatic rings. The lowest BCUT2D eigenvalue weighted by Crippen LogP contribution is -2.43. The smallest absolute Gasteiger partial charge is 0.223 e. The van der Waals surface area contributed by atoms with E-state index < -0.39 is 6.04 Å². The second-order valence-electron chi connectivity index (χ2n) is 5.75. The Morgan fingerprint density at radius 3 is 2.45 bits per heavy atom. The Labute approximate surface area is 133 Å². The van der Waals surface area contributed by atoms with Crippen LogP contribution < -0.4 is 5.32 Å². The quantitative estimate of drug-likeness (QED) is 0.676. The van der Waals surface area contributed by atoms with Gasteiger partial charge in [0.25, 0.3) is 0 Å². The van der Waals surface area contributed by atoms with Crippen LogP contribution in [0.2, 0.25) is 0 Å². The normalized spacial score (nSPS) is 13.4. The number of carbonyl (C=O) groups is 2. The number of unbranched alkanes of at least 4 members (excludes halogenated alkanes) is 1. The van der Waals surface area contributed by atoms with Crippen molar-refractivity contribution in [1.82, 2.24) is 5.32 Å². The summed E-state index contributed by atoms with van der Waals surface area (Å²) in [6.07, 6.45) is 3.25. The maximum absolute atomic E-state index is 12.2. The number of benzene rings is 1. The van der Waals surface area contributed by atoms with Crippen LogP contribution in [0.4, 0.5) is 0 Å². The van der Waals surface area contributed by atoms with Crippen LogP contribution in [0.15, 0.2) is 30.3 Å². The first-order chi connectivity index (χ1) is 10.5. The summed E-state index contributed by atoms with van der Waals surface area (Å²) >= 11 is 0. The van der Waals surface area contributed by atoms with E-state index in [-0.39, 0.29) is 17.6 Å². The fourth-order valence-electron chi connectivity index (χ4n) is 2.29. The van der Waals surface area contributed by atoms with Crippen LogP contribution >= 0.6 is 0 Å². The molecule has 0 bridgehead atoms. The molecule has 1 N–H and O–H groups in total. The standard InChI is InChI=1S/C18H27NO3/c1-14(9-7-8-12-22-3)18(21)19-17(15(2)20)13-16-10-5-4-6-11-16/h4-6,10-11,14,17H,7-9,12-13H2,1-3H3,(H,19,21). The van der Waals surface area contributed by atoms with Crippen molar-refractivity contribution < 1.29 is 14.3 Å². The van der Waals surface area contributed by atoms with Gasteiger partial charge in [-0.3, -0.25) is 9.59 Å². The molecule has 1 rings (SSSR count). The maximum atomic E-state index is 12.2. The largest absolute Gasteiger partial charge is 0.385 e. The van der Waals surface area contributed by atoms with E-state index in [1.54, 1.807) is 7.11 Å². The molecule has 22 heavy (non-hydrogen) atoms. The molecule has 0 heterocycles. The van der Waals surface area contributed by atoms with Crippen LogP contribution in [-0.4, -0.2) is 31.4 Å². The molecule has 0 aliphatic carbocycles. The lowest BCUT2D eigenvalue weighted by molar-refractivity contribution is -0.129. The van der Waals surface area contributed by atoms with Gasteiger partial charge >= 0.3 is 0 Å². The van der Waals surface area contributed by atoms with Gasteiger partial charge in [-0.15, -0.1) is 0 Å². The third-order valence-corrected chi connectivity index (χ3v) is 3.77. The van der Waals surface area contributed by atoms with Gasteiger partial charge in [-0.25, -0.2) is 0 Å². The third-order valence-electron chi connectivity index (χ3n) is 3.77. The molecule has 4 heteroatoms. The zero-order chi connectivity index (χ0) is 16.4. The molecule has 4 nitrogen and oxygen atoms in total. The molecular weight excluding hydrogens is 278 g/mol. The van der Waals surface area contributed by atoms with E-state index in [9.17, 15) is 9.59 Å². The van der Waals surface area contributed by atoms with Gasteiger partial charge in [-0.2, -0.15) is 0 Å². The van der Waals surface area contributed by atoms with Gasteiger partial charge in [0.05, 0.1) is 6.04 Å². The summed E-state index contributed by atoms with van der Waals surface area (Å²) in [4.78, 5) is 24.0. The Bertz CT molecular complexity index is 459. The van der Waals surface area contributed by atoms with Gasteiger partial charge in [-0.05, 0) is 31.7 Å². The predicted molar refractivity (Wildman–Crippen MR) is 87.6 cm³/mol. The minimum absolute atomic E-state index is 0.0104. The average molecular weight is 305 g/mol. The maximum Gasteiger partial charge on any atom is 0.223 e. The van der Waals surface area contributed by atoms with E-state index in [0.29, 0.717) is 6.42 Å². The predicted octanol–water partition coefficient (Wildman–Crippen LogP) is 2.76. The van der Waals surface area contributed by atoms with Crippen LogP contribution in [0.3, 0.4) is 0 Å². The summed E-state index contributed by atoms with van der Waals surface area (Å²) in [6, 6.07) is 9.30. The molecule has 0 saturated heterocycles. The lowest BCUT2D eigenvalue weighted by Gasteiger charge is -2.19. The number of hydrogen-bond acceptors (Lipinski definition) is 3. The molecule has 1 aromatic rings. The molecule has 2 unspecified atom stereocenters. The minimum Gasteiger partial charge on any atom is -0.385 e. The van der Waals surface area contributed by atoms with Crippen LogP contribution in [-0.2, 0) is 20.7 Å². The van der Waals surface area contributed by atoms with E-state index in [1.165, 1.54) is 6.92 Å². The summed E-state index contributed by atoms with van der Waals surface area (Å²) in [6.45, 7) is 4.15. The van der Waals surface area contributed by atoms with Gasteiger partial charge < -0.3 is 10.1 Å². The number of amides is 1. The molecule has 1 aromatic carbocycles. The summed E-state index contributed by atoms with van der Waals surface area (Å²) in [7, 11) is 1.68. The third kappa shape index (κ3) is 6.85. The number of hydrogen-bond donors (Lipinski definition) is 1. The van der Waals surface area contributed by atoms with Gasteiger partial charge in [0.2, 0.25) is 5.91 Å². The zero-order valence-electron chi connectivity index (χ0n) is 13.8. The van der Waals surface area contributed by atoms with Crippen molar-refractivity contribution in [3.05, 3.63) is 35.9 Å². The monoisotopic (exact) mass is 305 g/mol. The SMILES string of the molecule is COCCCCC(C)C(=O)NC(Cc1ccccc1)C(C)=O. The zero-order valence-corrected chi connectivity index (χ0v) is 13.8. The van der Waals surface area contributed by atoms with Crippen molar-refractivity contribution in [2.45, 2.75) is 45.6 Å². The molecule has 0 fully saturated rings. The van der Waals surface area contributed by atoms with E-state index in [1.807, 2.05) is 37.3 Å². The average Bonchev–Trinajstić information content (AvgIpc) is 2.51. The number of methoxy groups -OCH3 is 1. The Morgan fingerprint density at radius 1 is 1.18 bits per heavy atom. The van der Waals surface area contributed by atoms with Crippen molar-refractivity contribution in [2.75, 3.05) is 13.7 Å². The molecule has 0 radical (unpaired) electrons. The number of Topliss-reactive ketones (excluding diaryl/α,β-unsaturated/α-hetero) is 1. The summed E-state index contributed by atoms with van der Waals surface area (Å²) in [5.41, 5.74) is 1.05. The van der Waals surface area contributed by atoms with Gasteiger partial charge in [0.1, 0.15) is 0 Å².